The molecule has 0 saturated carbocycles. The number of hydrogen-bond acceptors (Lipinski definition) is 4. The molecule has 0 amide bonds. The van der Waals surface area contributed by atoms with Crippen molar-refractivity contribution in [3.05, 3.63) is 41.1 Å². The Labute approximate surface area is 173 Å². The summed E-state index contributed by atoms with van der Waals surface area (Å²) < 4.78 is 38.4. The molecule has 1 heterocycles. The van der Waals surface area contributed by atoms with Gasteiger partial charge in [-0.1, -0.05) is 17.7 Å². The number of rotatable bonds is 8. The fraction of sp³-hybridized carbons (Fsp3) is 0.450. The van der Waals surface area contributed by atoms with Crippen LogP contribution in [-0.2, 0) is 6.42 Å². The second kappa shape index (κ2) is 10.5. The number of nitrogens with zero attached hydrogens (tertiary/aromatic N) is 4. The molecule has 0 spiro atoms. The zero-order chi connectivity index (χ0) is 22.1. The molecule has 162 valence electrons. The summed E-state index contributed by atoms with van der Waals surface area (Å²) in [6, 6.07) is 9.73. The molecule has 0 unspecified atom stereocenters. The standard InChI is InChI=1S/C20H26F3N7/c1-3-26-19(28-12-10-20(21,22)23)27-11-4-5-17-16(13-24)18(25)30(29-17)15-8-6-14(2)7-9-15/h6-9H,3-5,10-12,25H2,1-2H3,(H2,26,27,28). The quantitative estimate of drug-likeness (QED) is 0.345. The number of aryl methyl sites for hydroxylation is 2. The molecule has 0 saturated heterocycles. The third kappa shape index (κ3) is 6.69. The van der Waals surface area contributed by atoms with Crippen LogP contribution in [-0.4, -0.2) is 41.6 Å². The largest absolute Gasteiger partial charge is 0.390 e. The average Bonchev–Trinajstić information content (AvgIpc) is 3.00. The van der Waals surface area contributed by atoms with E-state index in [4.69, 9.17) is 5.73 Å². The van der Waals surface area contributed by atoms with Gasteiger partial charge in [0.25, 0.3) is 0 Å². The Kier molecular flexibility index (Phi) is 8.09. The topological polar surface area (TPSA) is 104 Å². The van der Waals surface area contributed by atoms with Crippen LogP contribution in [0.15, 0.2) is 29.3 Å². The van der Waals surface area contributed by atoms with Gasteiger partial charge in [-0.2, -0.15) is 23.5 Å². The summed E-state index contributed by atoms with van der Waals surface area (Å²) in [5.41, 5.74) is 8.87. The summed E-state index contributed by atoms with van der Waals surface area (Å²) in [4.78, 5) is 4.28. The number of halogens is 3. The molecule has 4 N–H and O–H groups in total. The predicted octanol–water partition coefficient (Wildman–Crippen LogP) is 3.07. The van der Waals surface area contributed by atoms with Gasteiger partial charge in [0, 0.05) is 19.6 Å². The highest BCUT2D eigenvalue weighted by Crippen LogP contribution is 2.22. The molecule has 0 aliphatic carbocycles. The van der Waals surface area contributed by atoms with E-state index < -0.39 is 12.6 Å². The van der Waals surface area contributed by atoms with Crippen LogP contribution < -0.4 is 16.4 Å². The van der Waals surface area contributed by atoms with Crippen molar-refractivity contribution in [3.8, 4) is 11.8 Å². The van der Waals surface area contributed by atoms with Crippen LogP contribution in [0, 0.1) is 18.3 Å². The first-order valence-corrected chi connectivity index (χ1v) is 9.68. The molecule has 0 atom stereocenters. The average molecular weight is 421 g/mol. The molecule has 2 aromatic rings. The number of nitriles is 1. The second-order valence-electron chi connectivity index (χ2n) is 6.72. The smallest absolute Gasteiger partial charge is 0.382 e. The molecule has 30 heavy (non-hydrogen) atoms. The number of nitrogen functional groups attached to an aromatic ring is 1. The van der Waals surface area contributed by atoms with Gasteiger partial charge in [-0.05, 0) is 38.8 Å². The van der Waals surface area contributed by atoms with E-state index in [-0.39, 0.29) is 12.4 Å². The molecule has 0 aliphatic heterocycles. The van der Waals surface area contributed by atoms with Gasteiger partial charge in [-0.25, -0.2) is 4.68 Å². The summed E-state index contributed by atoms with van der Waals surface area (Å²) in [6.45, 7) is 4.46. The molecule has 0 aliphatic rings. The Balaban J connectivity index is 2.00. The number of anilines is 1. The van der Waals surface area contributed by atoms with Crippen molar-refractivity contribution in [3.63, 3.8) is 0 Å². The minimum atomic E-state index is -4.21. The molecule has 1 aromatic heterocycles. The van der Waals surface area contributed by atoms with Crippen LogP contribution in [0.2, 0.25) is 0 Å². The summed E-state index contributed by atoms with van der Waals surface area (Å²) in [6.07, 6.45) is -4.11. The van der Waals surface area contributed by atoms with Crippen LogP contribution >= 0.6 is 0 Å². The third-order valence-electron chi connectivity index (χ3n) is 4.27. The number of aliphatic imine (C=N–C) groups is 1. The van der Waals surface area contributed by atoms with Gasteiger partial charge in [0.15, 0.2) is 5.96 Å². The number of benzene rings is 1. The van der Waals surface area contributed by atoms with Crippen molar-refractivity contribution < 1.29 is 13.2 Å². The summed E-state index contributed by atoms with van der Waals surface area (Å²) in [5.74, 6) is 0.606. The van der Waals surface area contributed by atoms with Gasteiger partial charge in [0.1, 0.15) is 17.5 Å². The van der Waals surface area contributed by atoms with E-state index in [0.29, 0.717) is 43.1 Å². The molecular weight excluding hydrogens is 395 g/mol. The van der Waals surface area contributed by atoms with Crippen molar-refractivity contribution in [1.29, 1.82) is 5.26 Å². The van der Waals surface area contributed by atoms with E-state index >= 15 is 0 Å². The predicted molar refractivity (Wildman–Crippen MR) is 110 cm³/mol. The lowest BCUT2D eigenvalue weighted by Gasteiger charge is -2.12. The maximum Gasteiger partial charge on any atom is 0.390 e. The number of guanidine groups is 1. The molecule has 0 radical (unpaired) electrons. The Bertz CT molecular complexity index is 893. The Morgan fingerprint density at radius 2 is 1.97 bits per heavy atom. The molecule has 7 nitrogen and oxygen atoms in total. The van der Waals surface area contributed by atoms with E-state index in [1.54, 1.807) is 4.68 Å². The maximum atomic E-state index is 12.3. The van der Waals surface area contributed by atoms with Crippen LogP contribution in [0.5, 0.6) is 0 Å². The van der Waals surface area contributed by atoms with Gasteiger partial charge in [-0.3, -0.25) is 4.99 Å². The SMILES string of the molecule is CCNC(=NCCCc1nn(-c2ccc(C)cc2)c(N)c1C#N)NCCC(F)(F)F. The Morgan fingerprint density at radius 3 is 2.57 bits per heavy atom. The summed E-state index contributed by atoms with van der Waals surface area (Å²) in [7, 11) is 0. The normalized spacial score (nSPS) is 11.9. The number of hydrogen-bond donors (Lipinski definition) is 3. The molecule has 1 aromatic carbocycles. The number of aromatic nitrogens is 2. The van der Waals surface area contributed by atoms with E-state index in [2.05, 4.69) is 26.8 Å². The molecule has 10 heteroatoms. The van der Waals surface area contributed by atoms with Crippen LogP contribution in [0.4, 0.5) is 19.0 Å². The first kappa shape index (κ1) is 23.1. The second-order valence-corrected chi connectivity index (χ2v) is 6.72. The zero-order valence-corrected chi connectivity index (χ0v) is 17.1. The van der Waals surface area contributed by atoms with Gasteiger partial charge in [0.05, 0.1) is 17.8 Å². The van der Waals surface area contributed by atoms with Crippen LogP contribution in [0.25, 0.3) is 5.69 Å². The van der Waals surface area contributed by atoms with Crippen molar-refractivity contribution in [2.75, 3.05) is 25.4 Å². The van der Waals surface area contributed by atoms with E-state index in [9.17, 15) is 18.4 Å². The molecular formula is C20H26F3N7. The molecule has 2 rings (SSSR count). The lowest BCUT2D eigenvalue weighted by Crippen LogP contribution is -2.39. The van der Waals surface area contributed by atoms with Crippen molar-refractivity contribution in [2.24, 2.45) is 4.99 Å². The van der Waals surface area contributed by atoms with Crippen molar-refractivity contribution >= 4 is 11.8 Å². The zero-order valence-electron chi connectivity index (χ0n) is 17.1. The van der Waals surface area contributed by atoms with E-state index in [0.717, 1.165) is 11.3 Å². The lowest BCUT2D eigenvalue weighted by molar-refractivity contribution is -0.132. The van der Waals surface area contributed by atoms with E-state index in [1.807, 2.05) is 38.1 Å². The maximum absolute atomic E-state index is 12.3. The van der Waals surface area contributed by atoms with Gasteiger partial charge in [-0.15, -0.1) is 0 Å². The lowest BCUT2D eigenvalue weighted by atomic mass is 10.1. The van der Waals surface area contributed by atoms with Crippen molar-refractivity contribution in [1.82, 2.24) is 20.4 Å². The highest BCUT2D eigenvalue weighted by Gasteiger charge is 2.26. The minimum Gasteiger partial charge on any atom is -0.382 e. The monoisotopic (exact) mass is 421 g/mol. The fourth-order valence-electron chi connectivity index (χ4n) is 2.76. The van der Waals surface area contributed by atoms with Gasteiger partial charge < -0.3 is 16.4 Å². The van der Waals surface area contributed by atoms with Gasteiger partial charge in [0.2, 0.25) is 0 Å². The first-order valence-electron chi connectivity index (χ1n) is 9.68. The number of nitrogens with two attached hydrogens (primary N) is 1. The Morgan fingerprint density at radius 1 is 1.27 bits per heavy atom. The van der Waals surface area contributed by atoms with Crippen molar-refractivity contribution in [2.45, 2.75) is 39.3 Å². The number of alkyl halides is 3. The third-order valence-corrected chi connectivity index (χ3v) is 4.27. The first-order chi connectivity index (χ1) is 14.2. The molecule has 0 bridgehead atoms. The molecule has 0 fully saturated rings. The highest BCUT2D eigenvalue weighted by molar-refractivity contribution is 5.79. The van der Waals surface area contributed by atoms with Crippen LogP contribution in [0.1, 0.15) is 36.6 Å². The highest BCUT2D eigenvalue weighted by atomic mass is 19.4. The van der Waals surface area contributed by atoms with Gasteiger partial charge >= 0.3 is 6.18 Å². The summed E-state index contributed by atoms with van der Waals surface area (Å²) in [5, 5.41) is 19.5. The van der Waals surface area contributed by atoms with Crippen LogP contribution in [0.3, 0.4) is 0 Å². The minimum absolute atomic E-state index is 0.245. The summed E-state index contributed by atoms with van der Waals surface area (Å²) >= 11 is 0. The fourth-order valence-corrected chi connectivity index (χ4v) is 2.76. The van der Waals surface area contributed by atoms with E-state index in [1.165, 1.54) is 0 Å². The Hall–Kier alpha value is -3.22. The number of nitrogens with one attached hydrogen (secondary N) is 2.